The Morgan fingerprint density at radius 3 is 2.71 bits per heavy atom. The predicted molar refractivity (Wildman–Crippen MR) is 70.9 cm³/mol. The molecule has 0 spiro atoms. The van der Waals surface area contributed by atoms with Crippen molar-refractivity contribution in [3.63, 3.8) is 0 Å². The molecule has 17 heavy (non-hydrogen) atoms. The minimum Gasteiger partial charge on any atom is -0.326 e. The topological polar surface area (TPSA) is 29.1 Å². The summed E-state index contributed by atoms with van der Waals surface area (Å²) in [4.78, 5) is 11.8. The number of nitrogens with one attached hydrogen (secondary N) is 1. The Balaban J connectivity index is 1.86. The second-order valence-corrected chi connectivity index (χ2v) is 4.57. The normalized spacial score (nSPS) is 18.3. The highest BCUT2D eigenvalue weighted by atomic mass is 16.1. The van der Waals surface area contributed by atoms with E-state index < -0.39 is 0 Å². The number of carbonyl (C=O) groups excluding carboxylic acids is 1. The van der Waals surface area contributed by atoms with Crippen LogP contribution in [0.5, 0.6) is 0 Å². The van der Waals surface area contributed by atoms with Crippen molar-refractivity contribution in [3.8, 4) is 0 Å². The molecule has 2 nitrogen and oxygen atoms in total. The zero-order valence-electron chi connectivity index (χ0n) is 10.3. The predicted octanol–water partition coefficient (Wildman–Crippen LogP) is 3.54. The SMILES string of the molecule is CCc1ccc(NC(=O)CC2C=CCC2)cc1. The van der Waals surface area contributed by atoms with Crippen molar-refractivity contribution in [1.82, 2.24) is 0 Å². The third kappa shape index (κ3) is 3.45. The number of amides is 1. The van der Waals surface area contributed by atoms with E-state index in [2.05, 4.69) is 36.5 Å². The van der Waals surface area contributed by atoms with Gasteiger partial charge in [-0.15, -0.1) is 0 Å². The van der Waals surface area contributed by atoms with E-state index in [-0.39, 0.29) is 5.91 Å². The third-order valence-electron chi connectivity index (χ3n) is 3.21. The van der Waals surface area contributed by atoms with E-state index in [1.807, 2.05) is 12.1 Å². The van der Waals surface area contributed by atoms with Gasteiger partial charge >= 0.3 is 0 Å². The van der Waals surface area contributed by atoms with Gasteiger partial charge in [0.05, 0.1) is 0 Å². The Morgan fingerprint density at radius 2 is 2.12 bits per heavy atom. The van der Waals surface area contributed by atoms with Gasteiger partial charge in [0.15, 0.2) is 0 Å². The summed E-state index contributed by atoms with van der Waals surface area (Å²) < 4.78 is 0. The fourth-order valence-electron chi connectivity index (χ4n) is 2.14. The standard InChI is InChI=1S/C15H19NO/c1-2-12-7-9-14(10-8-12)16-15(17)11-13-5-3-4-6-13/h3,5,7-10,13H,2,4,6,11H2,1H3,(H,16,17). The Hall–Kier alpha value is -1.57. The van der Waals surface area contributed by atoms with Crippen LogP contribution in [0.4, 0.5) is 5.69 Å². The first-order valence-corrected chi connectivity index (χ1v) is 6.33. The Labute approximate surface area is 103 Å². The molecule has 0 aromatic heterocycles. The van der Waals surface area contributed by atoms with Gasteiger partial charge in [-0.3, -0.25) is 4.79 Å². The van der Waals surface area contributed by atoms with Crippen molar-refractivity contribution in [1.29, 1.82) is 0 Å². The number of hydrogen-bond donors (Lipinski definition) is 1. The van der Waals surface area contributed by atoms with Crippen LogP contribution in [0.2, 0.25) is 0 Å². The van der Waals surface area contributed by atoms with E-state index in [1.165, 1.54) is 5.56 Å². The minimum atomic E-state index is 0.116. The zero-order chi connectivity index (χ0) is 12.1. The minimum absolute atomic E-state index is 0.116. The Bertz CT molecular complexity index is 405. The molecule has 1 aromatic rings. The van der Waals surface area contributed by atoms with Gasteiger partial charge in [-0.1, -0.05) is 31.2 Å². The van der Waals surface area contributed by atoms with Gasteiger partial charge in [0, 0.05) is 12.1 Å². The summed E-state index contributed by atoms with van der Waals surface area (Å²) in [5.74, 6) is 0.552. The average Bonchev–Trinajstić information content (AvgIpc) is 2.82. The summed E-state index contributed by atoms with van der Waals surface area (Å²) in [7, 11) is 0. The van der Waals surface area contributed by atoms with E-state index in [4.69, 9.17) is 0 Å². The molecule has 1 aromatic carbocycles. The van der Waals surface area contributed by atoms with Crippen LogP contribution in [0.25, 0.3) is 0 Å². The summed E-state index contributed by atoms with van der Waals surface area (Å²) in [6, 6.07) is 8.07. The van der Waals surface area contributed by atoms with E-state index in [9.17, 15) is 4.79 Å². The first-order chi connectivity index (χ1) is 8.28. The molecular formula is C15H19NO. The molecule has 0 saturated heterocycles. The van der Waals surface area contributed by atoms with Crippen LogP contribution in [-0.2, 0) is 11.2 Å². The highest BCUT2D eigenvalue weighted by Gasteiger charge is 2.13. The number of allylic oxidation sites excluding steroid dienone is 2. The first-order valence-electron chi connectivity index (χ1n) is 6.33. The van der Waals surface area contributed by atoms with Crippen molar-refractivity contribution in [2.45, 2.75) is 32.6 Å². The lowest BCUT2D eigenvalue weighted by Crippen LogP contribution is -2.14. The van der Waals surface area contributed by atoms with Crippen molar-refractivity contribution in [3.05, 3.63) is 42.0 Å². The van der Waals surface area contributed by atoms with Crippen LogP contribution in [0.3, 0.4) is 0 Å². The second-order valence-electron chi connectivity index (χ2n) is 4.57. The molecule has 1 atom stereocenters. The number of rotatable bonds is 4. The van der Waals surface area contributed by atoms with E-state index in [1.54, 1.807) is 0 Å². The zero-order valence-corrected chi connectivity index (χ0v) is 10.3. The fraction of sp³-hybridized carbons (Fsp3) is 0.400. The second kappa shape index (κ2) is 5.67. The Morgan fingerprint density at radius 1 is 1.35 bits per heavy atom. The van der Waals surface area contributed by atoms with E-state index in [0.29, 0.717) is 12.3 Å². The first kappa shape index (κ1) is 11.9. The van der Waals surface area contributed by atoms with Gasteiger partial charge in [0.2, 0.25) is 5.91 Å². The highest BCUT2D eigenvalue weighted by molar-refractivity contribution is 5.91. The van der Waals surface area contributed by atoms with Crippen molar-refractivity contribution in [2.75, 3.05) is 5.32 Å². The summed E-state index contributed by atoms with van der Waals surface area (Å²) in [5, 5.41) is 2.95. The smallest absolute Gasteiger partial charge is 0.224 e. The average molecular weight is 229 g/mol. The monoisotopic (exact) mass is 229 g/mol. The van der Waals surface area contributed by atoms with Gasteiger partial charge in [0.25, 0.3) is 0 Å². The maximum absolute atomic E-state index is 11.8. The lowest BCUT2D eigenvalue weighted by molar-refractivity contribution is -0.116. The molecular weight excluding hydrogens is 210 g/mol. The van der Waals surface area contributed by atoms with Gasteiger partial charge in [0.1, 0.15) is 0 Å². The van der Waals surface area contributed by atoms with E-state index in [0.717, 1.165) is 24.9 Å². The number of aryl methyl sites for hydroxylation is 1. The molecule has 0 saturated carbocycles. The van der Waals surface area contributed by atoms with Gasteiger partial charge < -0.3 is 5.32 Å². The molecule has 1 aliphatic carbocycles. The van der Waals surface area contributed by atoms with Crippen LogP contribution in [0.15, 0.2) is 36.4 Å². The lowest BCUT2D eigenvalue weighted by atomic mass is 10.0. The summed E-state index contributed by atoms with van der Waals surface area (Å²) in [5.41, 5.74) is 2.19. The third-order valence-corrected chi connectivity index (χ3v) is 3.21. The van der Waals surface area contributed by atoms with Gasteiger partial charge in [-0.05, 0) is 42.9 Å². The molecule has 0 radical (unpaired) electrons. The molecule has 1 unspecified atom stereocenters. The maximum Gasteiger partial charge on any atom is 0.224 e. The van der Waals surface area contributed by atoms with Crippen LogP contribution in [-0.4, -0.2) is 5.91 Å². The number of carbonyl (C=O) groups is 1. The van der Waals surface area contributed by atoms with E-state index >= 15 is 0 Å². The molecule has 90 valence electrons. The van der Waals surface area contributed by atoms with Gasteiger partial charge in [-0.2, -0.15) is 0 Å². The Kier molecular flexibility index (Phi) is 3.97. The quantitative estimate of drug-likeness (QED) is 0.786. The maximum atomic E-state index is 11.8. The van der Waals surface area contributed by atoms with Crippen molar-refractivity contribution >= 4 is 11.6 Å². The van der Waals surface area contributed by atoms with Crippen molar-refractivity contribution < 1.29 is 4.79 Å². The number of anilines is 1. The van der Waals surface area contributed by atoms with Crippen LogP contribution in [0.1, 0.15) is 31.7 Å². The summed E-state index contributed by atoms with van der Waals surface area (Å²) in [6.07, 6.45) is 8.17. The highest BCUT2D eigenvalue weighted by Crippen LogP contribution is 2.21. The molecule has 1 aliphatic rings. The molecule has 2 rings (SSSR count). The molecule has 1 N–H and O–H groups in total. The largest absolute Gasteiger partial charge is 0.326 e. The van der Waals surface area contributed by atoms with Crippen molar-refractivity contribution in [2.24, 2.45) is 5.92 Å². The van der Waals surface area contributed by atoms with Crippen LogP contribution >= 0.6 is 0 Å². The lowest BCUT2D eigenvalue weighted by Gasteiger charge is -2.09. The summed E-state index contributed by atoms with van der Waals surface area (Å²) >= 11 is 0. The fourth-order valence-corrected chi connectivity index (χ4v) is 2.14. The molecule has 0 heterocycles. The van der Waals surface area contributed by atoms with Crippen LogP contribution < -0.4 is 5.32 Å². The van der Waals surface area contributed by atoms with Crippen LogP contribution in [0, 0.1) is 5.92 Å². The number of hydrogen-bond acceptors (Lipinski definition) is 1. The van der Waals surface area contributed by atoms with Gasteiger partial charge in [-0.25, -0.2) is 0 Å². The summed E-state index contributed by atoms with van der Waals surface area (Å²) in [6.45, 7) is 2.13. The number of benzene rings is 1. The molecule has 2 heteroatoms. The molecule has 0 fully saturated rings. The molecule has 0 aliphatic heterocycles. The molecule has 1 amide bonds. The molecule has 0 bridgehead atoms.